The van der Waals surface area contributed by atoms with Crippen molar-refractivity contribution in [1.82, 2.24) is 4.98 Å². The number of rotatable bonds is 2. The SMILES string of the molecule is CC(=O)c1sc2c(-c3cccnc3)ccc(C(F)(F)F)c2c1N. The molecule has 3 aromatic rings. The summed E-state index contributed by atoms with van der Waals surface area (Å²) in [6.07, 6.45) is -1.41. The average molecular weight is 336 g/mol. The van der Waals surface area contributed by atoms with Crippen LogP contribution in [0.3, 0.4) is 0 Å². The van der Waals surface area contributed by atoms with Gasteiger partial charge in [-0.1, -0.05) is 12.1 Å². The fourth-order valence-electron chi connectivity index (χ4n) is 2.47. The monoisotopic (exact) mass is 336 g/mol. The molecule has 0 spiro atoms. The van der Waals surface area contributed by atoms with Gasteiger partial charge >= 0.3 is 6.18 Å². The normalized spacial score (nSPS) is 11.8. The highest BCUT2D eigenvalue weighted by Gasteiger charge is 2.35. The van der Waals surface area contributed by atoms with Crippen LogP contribution >= 0.6 is 11.3 Å². The number of anilines is 1. The van der Waals surface area contributed by atoms with E-state index >= 15 is 0 Å². The summed E-state index contributed by atoms with van der Waals surface area (Å²) in [7, 11) is 0. The smallest absolute Gasteiger partial charge is 0.397 e. The number of carbonyl (C=O) groups excluding carboxylic acids is 1. The van der Waals surface area contributed by atoms with Crippen molar-refractivity contribution in [3.63, 3.8) is 0 Å². The second kappa shape index (κ2) is 5.34. The number of pyridine rings is 1. The highest BCUT2D eigenvalue weighted by Crippen LogP contribution is 2.46. The van der Waals surface area contributed by atoms with Crippen LogP contribution in [0.15, 0.2) is 36.7 Å². The van der Waals surface area contributed by atoms with Crippen LogP contribution in [0, 0.1) is 0 Å². The molecule has 2 heterocycles. The minimum absolute atomic E-state index is 0.115. The number of ketones is 1. The number of hydrogen-bond donors (Lipinski definition) is 1. The lowest BCUT2D eigenvalue weighted by Gasteiger charge is -2.11. The second-order valence-corrected chi connectivity index (χ2v) is 6.03. The summed E-state index contributed by atoms with van der Waals surface area (Å²) in [5, 5.41) is -0.117. The molecule has 1 aromatic carbocycles. The van der Waals surface area contributed by atoms with Gasteiger partial charge in [-0.25, -0.2) is 0 Å². The van der Waals surface area contributed by atoms with Crippen LogP contribution < -0.4 is 5.73 Å². The first-order valence-corrected chi connectivity index (χ1v) is 7.46. The van der Waals surface area contributed by atoms with E-state index in [1.807, 2.05) is 0 Å². The van der Waals surface area contributed by atoms with E-state index in [1.54, 1.807) is 24.5 Å². The number of nitrogens with two attached hydrogens (primary N) is 1. The van der Waals surface area contributed by atoms with Gasteiger partial charge in [-0.15, -0.1) is 11.3 Å². The summed E-state index contributed by atoms with van der Waals surface area (Å²) < 4.78 is 40.2. The largest absolute Gasteiger partial charge is 0.417 e. The first-order chi connectivity index (χ1) is 10.8. The van der Waals surface area contributed by atoms with Gasteiger partial charge in [-0.2, -0.15) is 13.2 Å². The molecular weight excluding hydrogens is 325 g/mol. The quantitative estimate of drug-likeness (QED) is 0.686. The van der Waals surface area contributed by atoms with E-state index in [1.165, 1.54) is 13.0 Å². The van der Waals surface area contributed by atoms with E-state index in [0.29, 0.717) is 15.8 Å². The molecule has 0 saturated heterocycles. The Morgan fingerprint density at radius 1 is 1.26 bits per heavy atom. The van der Waals surface area contributed by atoms with Gasteiger partial charge in [-0.05, 0) is 12.1 Å². The Labute approximate surface area is 133 Å². The highest BCUT2D eigenvalue weighted by molar-refractivity contribution is 7.22. The minimum Gasteiger partial charge on any atom is -0.397 e. The van der Waals surface area contributed by atoms with Crippen LogP contribution in [0.2, 0.25) is 0 Å². The molecular formula is C16H11F3N2OS. The average Bonchev–Trinajstić information content (AvgIpc) is 2.84. The van der Waals surface area contributed by atoms with Gasteiger partial charge in [0.25, 0.3) is 0 Å². The Hall–Kier alpha value is -2.41. The van der Waals surface area contributed by atoms with Crippen molar-refractivity contribution in [2.45, 2.75) is 13.1 Å². The number of fused-ring (bicyclic) bond motifs is 1. The Morgan fingerprint density at radius 2 is 2.00 bits per heavy atom. The number of hydrogen-bond acceptors (Lipinski definition) is 4. The van der Waals surface area contributed by atoms with Crippen molar-refractivity contribution in [2.24, 2.45) is 0 Å². The first kappa shape index (κ1) is 15.5. The van der Waals surface area contributed by atoms with Crippen molar-refractivity contribution in [3.8, 4) is 11.1 Å². The number of alkyl halides is 3. The standard InChI is InChI=1S/C16H11F3N2OS/c1-8(22)14-13(20)12-11(16(17,18)19)5-4-10(15(12)23-14)9-3-2-6-21-7-9/h2-7H,20H2,1H3. The third-order valence-electron chi connectivity index (χ3n) is 3.47. The molecule has 0 aliphatic carbocycles. The van der Waals surface area contributed by atoms with E-state index in [9.17, 15) is 18.0 Å². The first-order valence-electron chi connectivity index (χ1n) is 6.64. The summed E-state index contributed by atoms with van der Waals surface area (Å²) >= 11 is 0.981. The molecule has 0 bridgehead atoms. The number of thiophene rings is 1. The molecule has 118 valence electrons. The molecule has 0 radical (unpaired) electrons. The highest BCUT2D eigenvalue weighted by atomic mass is 32.1. The van der Waals surface area contributed by atoms with Crippen LogP contribution in [0.25, 0.3) is 21.2 Å². The van der Waals surface area contributed by atoms with Crippen LogP contribution in [-0.2, 0) is 6.18 Å². The molecule has 0 amide bonds. The maximum atomic E-state index is 13.3. The minimum atomic E-state index is -4.55. The van der Waals surface area contributed by atoms with Crippen LogP contribution in [0.5, 0.6) is 0 Å². The fourth-order valence-corrected chi connectivity index (χ4v) is 3.65. The summed E-state index contributed by atoms with van der Waals surface area (Å²) in [5.41, 5.74) is 6.15. The molecule has 23 heavy (non-hydrogen) atoms. The molecule has 3 rings (SSSR count). The van der Waals surface area contributed by atoms with Crippen LogP contribution in [0.1, 0.15) is 22.2 Å². The predicted molar refractivity (Wildman–Crippen MR) is 84.5 cm³/mol. The molecule has 0 saturated carbocycles. The Kier molecular flexibility index (Phi) is 3.60. The summed E-state index contributed by atoms with van der Waals surface area (Å²) in [4.78, 5) is 15.8. The molecule has 0 aliphatic heterocycles. The van der Waals surface area contributed by atoms with Crippen LogP contribution in [0.4, 0.5) is 18.9 Å². The molecule has 7 heteroatoms. The molecule has 0 atom stereocenters. The zero-order valence-electron chi connectivity index (χ0n) is 11.9. The van der Waals surface area contributed by atoms with Gasteiger partial charge in [0, 0.05) is 40.5 Å². The van der Waals surface area contributed by atoms with Crippen molar-refractivity contribution in [1.29, 1.82) is 0 Å². The molecule has 3 nitrogen and oxygen atoms in total. The summed E-state index contributed by atoms with van der Waals surface area (Å²) in [6, 6.07) is 5.83. The zero-order chi connectivity index (χ0) is 16.8. The zero-order valence-corrected chi connectivity index (χ0v) is 12.8. The summed E-state index contributed by atoms with van der Waals surface area (Å²) in [6.45, 7) is 1.29. The number of carbonyl (C=O) groups is 1. The van der Waals surface area contributed by atoms with E-state index in [0.717, 1.165) is 17.4 Å². The van der Waals surface area contributed by atoms with Gasteiger partial charge in [0.2, 0.25) is 0 Å². The molecule has 0 unspecified atom stereocenters. The van der Waals surface area contributed by atoms with E-state index in [4.69, 9.17) is 5.73 Å². The van der Waals surface area contributed by atoms with Gasteiger partial charge < -0.3 is 5.73 Å². The van der Waals surface area contributed by atoms with Gasteiger partial charge in [0.1, 0.15) is 0 Å². The van der Waals surface area contributed by atoms with E-state index in [2.05, 4.69) is 4.98 Å². The number of nitrogens with zero attached hydrogens (tertiary/aromatic N) is 1. The number of nitrogen functional groups attached to an aromatic ring is 1. The predicted octanol–water partition coefficient (Wildman–Crippen LogP) is 4.77. The van der Waals surface area contributed by atoms with Gasteiger partial charge in [0.15, 0.2) is 5.78 Å². The van der Waals surface area contributed by atoms with Gasteiger partial charge in [0.05, 0.1) is 16.1 Å². The Balaban J connectivity index is 2.42. The third kappa shape index (κ3) is 2.57. The van der Waals surface area contributed by atoms with Crippen molar-refractivity contribution < 1.29 is 18.0 Å². The molecule has 0 fully saturated rings. The topological polar surface area (TPSA) is 56.0 Å². The van der Waals surface area contributed by atoms with Crippen molar-refractivity contribution in [3.05, 3.63) is 47.1 Å². The van der Waals surface area contributed by atoms with E-state index < -0.39 is 11.7 Å². The van der Waals surface area contributed by atoms with Gasteiger partial charge in [-0.3, -0.25) is 9.78 Å². The number of aromatic nitrogens is 1. The van der Waals surface area contributed by atoms with Crippen LogP contribution in [-0.4, -0.2) is 10.8 Å². The maximum Gasteiger partial charge on any atom is 0.417 e. The number of Topliss-reactive ketones (excluding diaryl/α,β-unsaturated/α-hetero) is 1. The lowest BCUT2D eigenvalue weighted by atomic mass is 10.0. The summed E-state index contributed by atoms with van der Waals surface area (Å²) in [5.74, 6) is -0.353. The van der Waals surface area contributed by atoms with E-state index in [-0.39, 0.29) is 21.7 Å². The maximum absolute atomic E-state index is 13.3. The molecule has 0 aliphatic rings. The second-order valence-electron chi connectivity index (χ2n) is 5.01. The fraction of sp³-hybridized carbons (Fsp3) is 0.125. The number of halogens is 3. The number of benzene rings is 1. The lowest BCUT2D eigenvalue weighted by Crippen LogP contribution is -2.06. The van der Waals surface area contributed by atoms with Crippen molar-refractivity contribution in [2.75, 3.05) is 5.73 Å². The van der Waals surface area contributed by atoms with Crippen molar-refractivity contribution >= 4 is 32.9 Å². The molecule has 2 aromatic heterocycles. The lowest BCUT2D eigenvalue weighted by molar-refractivity contribution is -0.136. The molecule has 2 N–H and O–H groups in total. The Morgan fingerprint density at radius 3 is 2.57 bits per heavy atom. The Bertz CT molecular complexity index is 901. The third-order valence-corrected chi connectivity index (χ3v) is 4.81.